The molecule has 3 aromatic heterocycles. The lowest BCUT2D eigenvalue weighted by atomic mass is 10.2. The first-order valence-corrected chi connectivity index (χ1v) is 8.01. The van der Waals surface area contributed by atoms with E-state index in [0.29, 0.717) is 33.8 Å². The molecule has 0 saturated heterocycles. The first-order valence-electron chi connectivity index (χ1n) is 7.19. The van der Waals surface area contributed by atoms with Gasteiger partial charge in [0, 0.05) is 31.2 Å². The van der Waals surface area contributed by atoms with Crippen molar-refractivity contribution in [3.63, 3.8) is 0 Å². The molecular weight excluding hydrogens is 326 g/mol. The Morgan fingerprint density at radius 3 is 2.79 bits per heavy atom. The Bertz CT molecular complexity index is 851. The summed E-state index contributed by atoms with van der Waals surface area (Å²) >= 11 is 1.28. The van der Waals surface area contributed by atoms with E-state index >= 15 is 0 Å². The molecule has 1 amide bonds. The van der Waals surface area contributed by atoms with E-state index in [1.54, 1.807) is 44.8 Å². The number of thiazole rings is 1. The number of aryl methyl sites for hydroxylation is 1. The van der Waals surface area contributed by atoms with Crippen LogP contribution in [-0.4, -0.2) is 33.0 Å². The number of rotatable bonds is 5. The highest BCUT2D eigenvalue weighted by Crippen LogP contribution is 2.25. The zero-order chi connectivity index (χ0) is 16.9. The second-order valence-electron chi connectivity index (χ2n) is 4.90. The molecule has 3 rings (SSSR count). The van der Waals surface area contributed by atoms with E-state index in [9.17, 15) is 4.79 Å². The number of aromatic nitrogens is 4. The molecule has 0 aliphatic rings. The largest absolute Gasteiger partial charge is 0.481 e. The van der Waals surface area contributed by atoms with Gasteiger partial charge in [-0.15, -0.1) is 11.3 Å². The molecular formula is C16H15N5O2S. The Balaban J connectivity index is 1.72. The molecule has 8 heteroatoms. The van der Waals surface area contributed by atoms with Gasteiger partial charge in [-0.25, -0.2) is 19.9 Å². The van der Waals surface area contributed by atoms with Gasteiger partial charge < -0.3 is 10.1 Å². The molecule has 3 aromatic rings. The Labute approximate surface area is 142 Å². The van der Waals surface area contributed by atoms with Crippen LogP contribution in [0.2, 0.25) is 0 Å². The molecule has 7 nitrogen and oxygen atoms in total. The van der Waals surface area contributed by atoms with Crippen molar-refractivity contribution in [2.75, 3.05) is 7.11 Å². The lowest BCUT2D eigenvalue weighted by Gasteiger charge is -2.05. The van der Waals surface area contributed by atoms with Gasteiger partial charge in [-0.1, -0.05) is 0 Å². The molecule has 24 heavy (non-hydrogen) atoms. The van der Waals surface area contributed by atoms with Gasteiger partial charge in [-0.2, -0.15) is 0 Å². The van der Waals surface area contributed by atoms with Crippen molar-refractivity contribution >= 4 is 17.2 Å². The van der Waals surface area contributed by atoms with Gasteiger partial charge >= 0.3 is 0 Å². The predicted molar refractivity (Wildman–Crippen MR) is 89.8 cm³/mol. The van der Waals surface area contributed by atoms with Gasteiger partial charge in [0.05, 0.1) is 12.8 Å². The second kappa shape index (κ2) is 7.14. The van der Waals surface area contributed by atoms with Gasteiger partial charge in [0.25, 0.3) is 5.91 Å². The van der Waals surface area contributed by atoms with Crippen molar-refractivity contribution in [3.05, 3.63) is 52.9 Å². The van der Waals surface area contributed by atoms with Crippen molar-refractivity contribution in [1.29, 1.82) is 0 Å². The summed E-state index contributed by atoms with van der Waals surface area (Å²) in [6, 6.07) is 5.34. The first-order chi connectivity index (χ1) is 11.7. The molecule has 122 valence electrons. The third kappa shape index (κ3) is 3.54. The maximum Gasteiger partial charge on any atom is 0.263 e. The van der Waals surface area contributed by atoms with Crippen molar-refractivity contribution in [2.24, 2.45) is 0 Å². The number of pyridine rings is 1. The smallest absolute Gasteiger partial charge is 0.263 e. The highest BCUT2D eigenvalue weighted by Gasteiger charge is 2.17. The monoisotopic (exact) mass is 341 g/mol. The van der Waals surface area contributed by atoms with Crippen LogP contribution in [0.25, 0.3) is 10.8 Å². The fraction of sp³-hybridized carbons (Fsp3) is 0.188. The van der Waals surface area contributed by atoms with Crippen LogP contribution >= 0.6 is 11.3 Å². The molecule has 0 radical (unpaired) electrons. The topological polar surface area (TPSA) is 89.9 Å². The lowest BCUT2D eigenvalue weighted by Crippen LogP contribution is -2.22. The predicted octanol–water partition coefficient (Wildman–Crippen LogP) is 2.24. The fourth-order valence-corrected chi connectivity index (χ4v) is 2.98. The zero-order valence-corrected chi connectivity index (χ0v) is 14.0. The van der Waals surface area contributed by atoms with Crippen molar-refractivity contribution in [1.82, 2.24) is 25.3 Å². The molecule has 0 saturated carbocycles. The van der Waals surface area contributed by atoms with Gasteiger partial charge in [0.2, 0.25) is 5.88 Å². The molecule has 0 aromatic carbocycles. The molecule has 3 heterocycles. The minimum absolute atomic E-state index is 0.178. The number of hydrogen-bond donors (Lipinski definition) is 1. The number of carbonyl (C=O) groups is 1. The minimum atomic E-state index is -0.178. The van der Waals surface area contributed by atoms with Crippen LogP contribution in [0.5, 0.6) is 5.88 Å². The summed E-state index contributed by atoms with van der Waals surface area (Å²) in [6.45, 7) is 2.18. The third-order valence-corrected chi connectivity index (χ3v) is 4.37. The number of nitrogens with zero attached hydrogens (tertiary/aromatic N) is 4. The number of carbonyl (C=O) groups excluding carboxylic acids is 1. The standard InChI is InChI=1S/C16H15N5O2S/c1-10-13(24-16(21-10)14-18-5-3-6-19-14)15(22)20-9-11-4-7-17-12(8-11)23-2/h3-8H,9H2,1-2H3,(H,20,22). The maximum atomic E-state index is 12.4. The minimum Gasteiger partial charge on any atom is -0.481 e. The summed E-state index contributed by atoms with van der Waals surface area (Å²) in [6.07, 6.45) is 4.94. The first kappa shape index (κ1) is 16.0. The Kier molecular flexibility index (Phi) is 4.76. The van der Waals surface area contributed by atoms with E-state index in [2.05, 4.69) is 25.3 Å². The van der Waals surface area contributed by atoms with Crippen LogP contribution in [-0.2, 0) is 6.54 Å². The summed E-state index contributed by atoms with van der Waals surface area (Å²) in [5.41, 5.74) is 1.57. The van der Waals surface area contributed by atoms with E-state index < -0.39 is 0 Å². The van der Waals surface area contributed by atoms with Gasteiger partial charge in [-0.3, -0.25) is 4.79 Å². The Morgan fingerprint density at radius 2 is 2.04 bits per heavy atom. The van der Waals surface area contributed by atoms with Gasteiger partial charge in [0.15, 0.2) is 10.8 Å². The highest BCUT2D eigenvalue weighted by molar-refractivity contribution is 7.17. The van der Waals surface area contributed by atoms with E-state index in [0.717, 1.165) is 5.56 Å². The molecule has 1 N–H and O–H groups in total. The van der Waals surface area contributed by atoms with Crippen LogP contribution in [0.15, 0.2) is 36.8 Å². The number of hydrogen-bond acceptors (Lipinski definition) is 7. The molecule has 0 unspecified atom stereocenters. The highest BCUT2D eigenvalue weighted by atomic mass is 32.1. The molecule has 0 bridgehead atoms. The van der Waals surface area contributed by atoms with Crippen LogP contribution in [0.1, 0.15) is 20.9 Å². The van der Waals surface area contributed by atoms with Gasteiger partial charge in [-0.05, 0) is 24.6 Å². The fourth-order valence-electron chi connectivity index (χ4n) is 2.05. The average molecular weight is 341 g/mol. The number of methoxy groups -OCH3 is 1. The van der Waals surface area contributed by atoms with Crippen molar-refractivity contribution < 1.29 is 9.53 Å². The number of nitrogens with one attached hydrogen (secondary N) is 1. The summed E-state index contributed by atoms with van der Waals surface area (Å²) in [5, 5.41) is 3.51. The normalized spacial score (nSPS) is 10.4. The average Bonchev–Trinajstić information content (AvgIpc) is 3.02. The summed E-state index contributed by atoms with van der Waals surface area (Å²) in [4.78, 5) is 29.7. The zero-order valence-electron chi connectivity index (χ0n) is 13.2. The summed E-state index contributed by atoms with van der Waals surface area (Å²) in [7, 11) is 1.55. The lowest BCUT2D eigenvalue weighted by molar-refractivity contribution is 0.0954. The van der Waals surface area contributed by atoms with Crippen LogP contribution < -0.4 is 10.1 Å². The third-order valence-electron chi connectivity index (χ3n) is 3.22. The molecule has 0 aliphatic heterocycles. The second-order valence-corrected chi connectivity index (χ2v) is 5.89. The van der Waals surface area contributed by atoms with Crippen molar-refractivity contribution in [2.45, 2.75) is 13.5 Å². The molecule has 0 atom stereocenters. The number of ether oxygens (including phenoxy) is 1. The Hall–Kier alpha value is -2.87. The number of amides is 1. The van der Waals surface area contributed by atoms with E-state index in [-0.39, 0.29) is 5.91 Å². The quantitative estimate of drug-likeness (QED) is 0.765. The van der Waals surface area contributed by atoms with Crippen LogP contribution in [0.3, 0.4) is 0 Å². The summed E-state index contributed by atoms with van der Waals surface area (Å²) in [5.74, 6) is 0.853. The van der Waals surface area contributed by atoms with E-state index in [1.807, 2.05) is 6.07 Å². The molecule has 0 aliphatic carbocycles. The van der Waals surface area contributed by atoms with E-state index in [4.69, 9.17) is 4.74 Å². The summed E-state index contributed by atoms with van der Waals surface area (Å²) < 4.78 is 5.07. The van der Waals surface area contributed by atoms with Crippen molar-refractivity contribution in [3.8, 4) is 16.7 Å². The molecule has 0 spiro atoms. The Morgan fingerprint density at radius 1 is 1.25 bits per heavy atom. The van der Waals surface area contributed by atoms with Gasteiger partial charge in [0.1, 0.15) is 4.88 Å². The molecule has 0 fully saturated rings. The van der Waals surface area contributed by atoms with Crippen LogP contribution in [0, 0.1) is 6.92 Å². The SMILES string of the molecule is COc1cc(CNC(=O)c2sc(-c3ncccn3)nc2C)ccn1. The maximum absolute atomic E-state index is 12.4. The van der Waals surface area contributed by atoms with Crippen LogP contribution in [0.4, 0.5) is 0 Å². The van der Waals surface area contributed by atoms with E-state index in [1.165, 1.54) is 11.3 Å².